The Bertz CT molecular complexity index is 613. The number of nitrogens with one attached hydrogen (secondary N) is 1. The first-order valence-corrected chi connectivity index (χ1v) is 7.08. The van der Waals surface area contributed by atoms with Gasteiger partial charge in [0.2, 0.25) is 0 Å². The van der Waals surface area contributed by atoms with Gasteiger partial charge in [0.15, 0.2) is 10.4 Å². The number of fused-ring (bicyclic) bond motifs is 1. The molecule has 0 amide bonds. The number of hydrogen-bond donors (Lipinski definition) is 1. The summed E-state index contributed by atoms with van der Waals surface area (Å²) in [6.45, 7) is 11.7. The first-order valence-electron chi connectivity index (χ1n) is 6.67. The number of H-pyrrole nitrogens is 1. The monoisotopic (exact) mass is 266 g/mol. The quantitative estimate of drug-likeness (QED) is 0.856. The molecule has 0 fully saturated rings. The normalized spacial score (nSPS) is 12.5. The fourth-order valence-corrected chi connectivity index (χ4v) is 2.90. The molecule has 18 heavy (non-hydrogen) atoms. The third-order valence-electron chi connectivity index (χ3n) is 4.11. The highest BCUT2D eigenvalue weighted by molar-refractivity contribution is 7.71. The molecule has 1 N–H and O–H groups in total. The van der Waals surface area contributed by atoms with E-state index in [4.69, 9.17) is 12.2 Å². The first-order chi connectivity index (χ1) is 8.48. The molecule has 0 spiro atoms. The minimum absolute atomic E-state index is 0.0503. The summed E-state index contributed by atoms with van der Waals surface area (Å²) in [5.74, 6) is 0. The highest BCUT2D eigenvalue weighted by atomic mass is 32.1. The van der Waals surface area contributed by atoms with Gasteiger partial charge in [0.1, 0.15) is 5.52 Å². The topological polar surface area (TPSA) is 38.5 Å². The summed E-state index contributed by atoms with van der Waals surface area (Å²) in [7, 11) is 0. The zero-order chi connectivity index (χ0) is 13.5. The molecule has 2 rings (SSSR count). The largest absolute Gasteiger partial charge is 0.328 e. The molecule has 2 heterocycles. The van der Waals surface area contributed by atoms with E-state index in [1.54, 1.807) is 0 Å². The van der Waals surface area contributed by atoms with Crippen LogP contribution in [0.4, 0.5) is 0 Å². The summed E-state index contributed by atoms with van der Waals surface area (Å²) in [4.78, 5) is 3.32. The van der Waals surface area contributed by atoms with Gasteiger partial charge in [-0.1, -0.05) is 13.8 Å². The Kier molecular flexibility index (Phi) is 3.36. The van der Waals surface area contributed by atoms with Crippen molar-refractivity contribution in [2.45, 2.75) is 59.5 Å². The SMILES string of the molecule is CCn1nc(C)c2[nH]c(=S)n(C(C)(CC)CC)c21. The van der Waals surface area contributed by atoms with E-state index in [2.05, 4.69) is 42.3 Å². The number of imidazole rings is 1. The molecule has 0 saturated heterocycles. The molecule has 5 heteroatoms. The molecule has 0 aliphatic heterocycles. The van der Waals surface area contributed by atoms with Crippen LogP contribution in [0, 0.1) is 11.7 Å². The van der Waals surface area contributed by atoms with Crippen LogP contribution < -0.4 is 0 Å². The van der Waals surface area contributed by atoms with E-state index in [1.165, 1.54) is 0 Å². The fraction of sp³-hybridized carbons (Fsp3) is 0.692. The summed E-state index contributed by atoms with van der Waals surface area (Å²) in [6.07, 6.45) is 2.11. The van der Waals surface area contributed by atoms with Crippen molar-refractivity contribution in [1.29, 1.82) is 0 Å². The third kappa shape index (κ3) is 1.72. The summed E-state index contributed by atoms with van der Waals surface area (Å²) in [5, 5.41) is 4.57. The van der Waals surface area contributed by atoms with Crippen LogP contribution in [0.15, 0.2) is 0 Å². The molecule has 4 nitrogen and oxygen atoms in total. The Morgan fingerprint density at radius 2 is 1.89 bits per heavy atom. The van der Waals surface area contributed by atoms with Crippen LogP contribution >= 0.6 is 12.2 Å². The van der Waals surface area contributed by atoms with Crippen molar-refractivity contribution >= 4 is 23.4 Å². The molecule has 0 aromatic carbocycles. The van der Waals surface area contributed by atoms with Crippen LogP contribution in [0.25, 0.3) is 11.2 Å². The Hall–Kier alpha value is -1.10. The second kappa shape index (κ2) is 4.53. The van der Waals surface area contributed by atoms with E-state index in [1.807, 2.05) is 11.6 Å². The summed E-state index contributed by atoms with van der Waals surface area (Å²) in [5.41, 5.74) is 3.28. The smallest absolute Gasteiger partial charge is 0.179 e. The van der Waals surface area contributed by atoms with Gasteiger partial charge in [0.25, 0.3) is 0 Å². The molecule has 0 unspecified atom stereocenters. The van der Waals surface area contributed by atoms with Crippen molar-refractivity contribution in [1.82, 2.24) is 19.3 Å². The molecule has 0 atom stereocenters. The lowest BCUT2D eigenvalue weighted by molar-refractivity contribution is 0.295. The van der Waals surface area contributed by atoms with Gasteiger partial charge in [-0.05, 0) is 45.8 Å². The van der Waals surface area contributed by atoms with Crippen LogP contribution in [0.1, 0.15) is 46.2 Å². The molecular formula is C13H22N4S. The van der Waals surface area contributed by atoms with Crippen LogP contribution in [0.3, 0.4) is 0 Å². The molecule has 0 bridgehead atoms. The van der Waals surface area contributed by atoms with Crippen LogP contribution in [-0.2, 0) is 12.1 Å². The van der Waals surface area contributed by atoms with Crippen LogP contribution in [0.5, 0.6) is 0 Å². The molecule has 0 aliphatic carbocycles. The number of nitrogens with zero attached hydrogens (tertiary/aromatic N) is 3. The Morgan fingerprint density at radius 3 is 2.39 bits per heavy atom. The Balaban J connectivity index is 2.85. The standard InChI is InChI=1S/C13H22N4S/c1-6-13(5,7-2)17-11-10(14-12(17)18)9(4)15-16(11)8-3/h6-8H2,1-5H3,(H,14,18). The molecule has 0 saturated carbocycles. The summed E-state index contributed by atoms with van der Waals surface area (Å²) >= 11 is 5.52. The van der Waals surface area contributed by atoms with Gasteiger partial charge in [0, 0.05) is 12.1 Å². The van der Waals surface area contributed by atoms with Gasteiger partial charge in [0.05, 0.1) is 5.69 Å². The minimum Gasteiger partial charge on any atom is -0.328 e. The zero-order valence-electron chi connectivity index (χ0n) is 11.9. The number of aryl methyl sites for hydroxylation is 2. The van der Waals surface area contributed by atoms with Crippen molar-refractivity contribution in [2.75, 3.05) is 0 Å². The van der Waals surface area contributed by atoms with Gasteiger partial charge in [-0.25, -0.2) is 4.68 Å². The van der Waals surface area contributed by atoms with Crippen molar-refractivity contribution in [3.63, 3.8) is 0 Å². The van der Waals surface area contributed by atoms with Gasteiger partial charge in [-0.2, -0.15) is 5.10 Å². The van der Waals surface area contributed by atoms with Crippen molar-refractivity contribution in [3.8, 4) is 0 Å². The predicted molar refractivity (Wildman–Crippen MR) is 77.5 cm³/mol. The highest BCUT2D eigenvalue weighted by Crippen LogP contribution is 2.30. The summed E-state index contributed by atoms with van der Waals surface area (Å²) < 4.78 is 5.10. The minimum atomic E-state index is 0.0503. The molecule has 2 aromatic heterocycles. The maximum atomic E-state index is 5.52. The van der Waals surface area contributed by atoms with Crippen molar-refractivity contribution < 1.29 is 0 Å². The lowest BCUT2D eigenvalue weighted by Gasteiger charge is -2.29. The molecular weight excluding hydrogens is 244 g/mol. The molecule has 0 aliphatic rings. The van der Waals surface area contributed by atoms with Gasteiger partial charge in [-0.3, -0.25) is 4.57 Å². The van der Waals surface area contributed by atoms with E-state index < -0.39 is 0 Å². The Labute approximate surface area is 113 Å². The number of rotatable bonds is 4. The van der Waals surface area contributed by atoms with Crippen LogP contribution in [-0.4, -0.2) is 19.3 Å². The second-order valence-electron chi connectivity index (χ2n) is 5.07. The van der Waals surface area contributed by atoms with Crippen molar-refractivity contribution in [3.05, 3.63) is 10.5 Å². The maximum Gasteiger partial charge on any atom is 0.179 e. The van der Waals surface area contributed by atoms with Gasteiger partial charge < -0.3 is 4.98 Å². The molecule has 2 aromatic rings. The van der Waals surface area contributed by atoms with E-state index in [-0.39, 0.29) is 5.54 Å². The lowest BCUT2D eigenvalue weighted by Crippen LogP contribution is -2.29. The first kappa shape index (κ1) is 13.3. The Morgan fingerprint density at radius 1 is 1.28 bits per heavy atom. The van der Waals surface area contributed by atoms with Crippen molar-refractivity contribution in [2.24, 2.45) is 0 Å². The average Bonchev–Trinajstić information content (AvgIpc) is 2.86. The maximum absolute atomic E-state index is 5.52. The fourth-order valence-electron chi connectivity index (χ4n) is 2.49. The molecule has 0 radical (unpaired) electrons. The lowest BCUT2D eigenvalue weighted by atomic mass is 9.95. The average molecular weight is 266 g/mol. The van der Waals surface area contributed by atoms with E-state index in [0.717, 1.165) is 41.0 Å². The highest BCUT2D eigenvalue weighted by Gasteiger charge is 2.27. The predicted octanol–water partition coefficient (Wildman–Crippen LogP) is 3.76. The molecule has 100 valence electrons. The van der Waals surface area contributed by atoms with Gasteiger partial charge in [-0.15, -0.1) is 0 Å². The third-order valence-corrected chi connectivity index (χ3v) is 4.39. The second-order valence-corrected chi connectivity index (χ2v) is 5.46. The van der Waals surface area contributed by atoms with E-state index in [9.17, 15) is 0 Å². The van der Waals surface area contributed by atoms with E-state index >= 15 is 0 Å². The van der Waals surface area contributed by atoms with Gasteiger partial charge >= 0.3 is 0 Å². The zero-order valence-corrected chi connectivity index (χ0v) is 12.7. The summed E-state index contributed by atoms with van der Waals surface area (Å²) in [6, 6.07) is 0. The van der Waals surface area contributed by atoms with Crippen LogP contribution in [0.2, 0.25) is 0 Å². The number of aromatic amines is 1. The number of hydrogen-bond acceptors (Lipinski definition) is 2. The number of aromatic nitrogens is 4. The van der Waals surface area contributed by atoms with E-state index in [0.29, 0.717) is 0 Å².